The number of urea groups is 1. The van der Waals surface area contributed by atoms with Gasteiger partial charge in [-0.05, 0) is 24.3 Å². The minimum Gasteiger partial charge on any atom is -0.351 e. The number of primary amides is 1. The third-order valence-electron chi connectivity index (χ3n) is 4.02. The molecule has 2 rings (SSSR count). The van der Waals surface area contributed by atoms with E-state index >= 15 is 0 Å². The summed E-state index contributed by atoms with van der Waals surface area (Å²) < 4.78 is 0. The predicted octanol–water partition coefficient (Wildman–Crippen LogP) is 1.83. The van der Waals surface area contributed by atoms with E-state index in [0.29, 0.717) is 12.5 Å². The van der Waals surface area contributed by atoms with Crippen molar-refractivity contribution in [3.05, 3.63) is 35.9 Å². The number of nitrogens with zero attached hydrogens (tertiary/aromatic N) is 2. The minimum absolute atomic E-state index is 0.0366. The van der Waals surface area contributed by atoms with Gasteiger partial charge in [-0.3, -0.25) is 4.79 Å². The van der Waals surface area contributed by atoms with Crippen molar-refractivity contribution in [2.24, 2.45) is 11.7 Å². The van der Waals surface area contributed by atoms with Gasteiger partial charge in [-0.15, -0.1) is 0 Å². The molecule has 0 spiro atoms. The summed E-state index contributed by atoms with van der Waals surface area (Å²) in [6, 6.07) is 9.35. The molecular weight excluding hydrogens is 266 g/mol. The second-order valence-electron chi connectivity index (χ2n) is 5.75. The summed E-state index contributed by atoms with van der Waals surface area (Å²) in [4.78, 5) is 26.6. The van der Waals surface area contributed by atoms with Crippen molar-refractivity contribution in [3.8, 4) is 0 Å². The number of rotatable bonds is 6. The summed E-state index contributed by atoms with van der Waals surface area (Å²) in [7, 11) is 1.55. The first kappa shape index (κ1) is 15.4. The van der Waals surface area contributed by atoms with Gasteiger partial charge in [-0.1, -0.05) is 36.8 Å². The van der Waals surface area contributed by atoms with Crippen molar-refractivity contribution in [2.45, 2.75) is 25.8 Å². The highest BCUT2D eigenvalue weighted by atomic mass is 16.2. The van der Waals surface area contributed by atoms with Gasteiger partial charge >= 0.3 is 6.03 Å². The summed E-state index contributed by atoms with van der Waals surface area (Å²) in [5.41, 5.74) is 6.30. The quantitative estimate of drug-likeness (QED) is 0.868. The Balaban J connectivity index is 2.00. The Hall–Kier alpha value is -2.04. The molecule has 0 radical (unpaired) electrons. The van der Waals surface area contributed by atoms with Gasteiger partial charge in [0.25, 0.3) is 0 Å². The fraction of sp³-hybridized carbons (Fsp3) is 0.500. The van der Waals surface area contributed by atoms with Crippen LogP contribution in [0.4, 0.5) is 4.79 Å². The van der Waals surface area contributed by atoms with E-state index in [1.165, 1.54) is 24.2 Å². The van der Waals surface area contributed by atoms with Crippen molar-refractivity contribution in [2.75, 3.05) is 20.1 Å². The second-order valence-corrected chi connectivity index (χ2v) is 5.75. The van der Waals surface area contributed by atoms with Crippen LogP contribution in [0.5, 0.6) is 0 Å². The molecule has 0 unspecified atom stereocenters. The molecule has 0 aromatic heterocycles. The Morgan fingerprint density at radius 3 is 2.43 bits per heavy atom. The molecule has 1 aromatic rings. The highest BCUT2D eigenvalue weighted by Crippen LogP contribution is 2.27. The van der Waals surface area contributed by atoms with Gasteiger partial charge in [-0.2, -0.15) is 0 Å². The molecule has 2 N–H and O–H groups in total. The van der Waals surface area contributed by atoms with E-state index in [1.807, 2.05) is 35.2 Å². The van der Waals surface area contributed by atoms with Gasteiger partial charge in [-0.25, -0.2) is 4.79 Å². The number of carbonyl (C=O) groups excluding carboxylic acids is 2. The van der Waals surface area contributed by atoms with Gasteiger partial charge in [0.15, 0.2) is 0 Å². The Morgan fingerprint density at radius 1 is 1.24 bits per heavy atom. The molecule has 0 bridgehead atoms. The van der Waals surface area contributed by atoms with E-state index in [4.69, 9.17) is 5.73 Å². The van der Waals surface area contributed by atoms with Gasteiger partial charge < -0.3 is 15.5 Å². The SMILES string of the molecule is CN(CC(=O)N(Cc1ccccc1)CC1CCC1)C(N)=O. The van der Waals surface area contributed by atoms with Gasteiger partial charge in [0.05, 0.1) is 0 Å². The zero-order valence-electron chi connectivity index (χ0n) is 12.5. The lowest BCUT2D eigenvalue weighted by atomic mass is 9.85. The second kappa shape index (κ2) is 7.11. The molecule has 1 fully saturated rings. The van der Waals surface area contributed by atoms with Crippen molar-refractivity contribution in [3.63, 3.8) is 0 Å². The molecule has 114 valence electrons. The lowest BCUT2D eigenvalue weighted by Crippen LogP contribution is -2.44. The lowest BCUT2D eigenvalue weighted by Gasteiger charge is -2.33. The summed E-state index contributed by atoms with van der Waals surface area (Å²) in [5, 5.41) is 0. The Labute approximate surface area is 125 Å². The fourth-order valence-corrected chi connectivity index (χ4v) is 2.43. The van der Waals surface area contributed by atoms with Gasteiger partial charge in [0.1, 0.15) is 6.54 Å². The highest BCUT2D eigenvalue weighted by Gasteiger charge is 2.24. The van der Waals surface area contributed by atoms with Gasteiger partial charge in [0, 0.05) is 20.1 Å². The van der Waals surface area contributed by atoms with E-state index in [0.717, 1.165) is 12.1 Å². The molecule has 0 atom stereocenters. The maximum Gasteiger partial charge on any atom is 0.314 e. The molecule has 3 amide bonds. The van der Waals surface area contributed by atoms with Crippen molar-refractivity contribution in [1.82, 2.24) is 9.80 Å². The summed E-state index contributed by atoms with van der Waals surface area (Å²) in [5.74, 6) is 0.545. The molecule has 5 nitrogen and oxygen atoms in total. The van der Waals surface area contributed by atoms with E-state index < -0.39 is 6.03 Å². The van der Waals surface area contributed by atoms with E-state index in [-0.39, 0.29) is 12.5 Å². The fourth-order valence-electron chi connectivity index (χ4n) is 2.43. The van der Waals surface area contributed by atoms with Crippen molar-refractivity contribution in [1.29, 1.82) is 0 Å². The zero-order chi connectivity index (χ0) is 15.2. The molecule has 1 saturated carbocycles. The Morgan fingerprint density at radius 2 is 1.90 bits per heavy atom. The van der Waals surface area contributed by atoms with Crippen LogP contribution >= 0.6 is 0 Å². The summed E-state index contributed by atoms with van der Waals surface area (Å²) in [6.45, 7) is 1.39. The average molecular weight is 289 g/mol. The van der Waals surface area contributed by atoms with E-state index in [1.54, 1.807) is 7.05 Å². The van der Waals surface area contributed by atoms with E-state index in [9.17, 15) is 9.59 Å². The molecule has 1 aliphatic rings. The smallest absolute Gasteiger partial charge is 0.314 e. The average Bonchev–Trinajstić information content (AvgIpc) is 2.42. The van der Waals surface area contributed by atoms with Crippen molar-refractivity contribution >= 4 is 11.9 Å². The molecule has 21 heavy (non-hydrogen) atoms. The first-order valence-corrected chi connectivity index (χ1v) is 7.38. The predicted molar refractivity (Wildman–Crippen MR) is 81.4 cm³/mol. The number of likely N-dealkylation sites (N-methyl/N-ethyl adjacent to an activating group) is 1. The van der Waals surface area contributed by atoms with Crippen LogP contribution in [-0.2, 0) is 11.3 Å². The van der Waals surface area contributed by atoms with Crippen LogP contribution in [0.3, 0.4) is 0 Å². The third kappa shape index (κ3) is 4.48. The normalized spacial score (nSPS) is 14.3. The molecule has 0 saturated heterocycles. The molecular formula is C16H23N3O2. The topological polar surface area (TPSA) is 66.6 Å². The maximum absolute atomic E-state index is 12.4. The Kier molecular flexibility index (Phi) is 5.20. The van der Waals surface area contributed by atoms with Crippen LogP contribution in [0, 0.1) is 5.92 Å². The molecule has 0 heterocycles. The number of carbonyl (C=O) groups is 2. The van der Waals surface area contributed by atoms with Crippen LogP contribution < -0.4 is 5.73 Å². The lowest BCUT2D eigenvalue weighted by molar-refractivity contribution is -0.133. The number of hydrogen-bond donors (Lipinski definition) is 1. The van der Waals surface area contributed by atoms with Crippen LogP contribution in [0.15, 0.2) is 30.3 Å². The monoisotopic (exact) mass is 289 g/mol. The molecule has 1 aliphatic carbocycles. The van der Waals surface area contributed by atoms with Crippen LogP contribution in [0.1, 0.15) is 24.8 Å². The third-order valence-corrected chi connectivity index (χ3v) is 4.02. The van der Waals surface area contributed by atoms with Crippen LogP contribution in [-0.4, -0.2) is 41.9 Å². The van der Waals surface area contributed by atoms with Crippen LogP contribution in [0.25, 0.3) is 0 Å². The number of nitrogens with two attached hydrogens (primary N) is 1. The number of hydrogen-bond acceptors (Lipinski definition) is 2. The number of benzene rings is 1. The number of amides is 3. The largest absolute Gasteiger partial charge is 0.351 e. The first-order valence-electron chi connectivity index (χ1n) is 7.38. The summed E-state index contributed by atoms with van der Waals surface area (Å²) in [6.07, 6.45) is 3.62. The minimum atomic E-state index is -0.577. The van der Waals surface area contributed by atoms with Gasteiger partial charge in [0.2, 0.25) is 5.91 Å². The molecule has 0 aliphatic heterocycles. The Bertz CT molecular complexity index is 486. The standard InChI is InChI=1S/C16H23N3O2/c1-18(16(17)21)12-15(20)19(11-14-8-5-9-14)10-13-6-3-2-4-7-13/h2-4,6-7,14H,5,8-12H2,1H3,(H2,17,21). The van der Waals surface area contributed by atoms with E-state index in [2.05, 4.69) is 0 Å². The van der Waals surface area contributed by atoms with Crippen LogP contribution in [0.2, 0.25) is 0 Å². The molecule has 1 aromatic carbocycles. The highest BCUT2D eigenvalue weighted by molar-refractivity contribution is 5.83. The first-order chi connectivity index (χ1) is 10.1. The van der Waals surface area contributed by atoms with Crippen molar-refractivity contribution < 1.29 is 9.59 Å². The molecule has 5 heteroatoms. The maximum atomic E-state index is 12.4. The summed E-state index contributed by atoms with van der Waals surface area (Å²) >= 11 is 0. The zero-order valence-corrected chi connectivity index (χ0v) is 12.5.